The topological polar surface area (TPSA) is 29.1 Å². The molecule has 1 aliphatic carbocycles. The predicted octanol–water partition coefficient (Wildman–Crippen LogP) is 0.737. The Morgan fingerprint density at radius 3 is 2.89 bits per heavy atom. The molecule has 9 heavy (non-hydrogen) atoms. The first-order valence-corrected chi connectivity index (χ1v) is 3.37. The third-order valence-electron chi connectivity index (χ3n) is 1.54. The number of hydrogen-bond donors (Lipinski definition) is 1. The predicted molar refractivity (Wildman–Crippen MR) is 35.7 cm³/mol. The van der Waals surface area contributed by atoms with Crippen LogP contribution >= 0.6 is 0 Å². The molecule has 1 saturated carbocycles. The van der Waals surface area contributed by atoms with Gasteiger partial charge in [-0.3, -0.25) is 4.79 Å². The molecule has 0 unspecified atom stereocenters. The van der Waals surface area contributed by atoms with Gasteiger partial charge in [0.2, 0.25) is 5.91 Å². The van der Waals surface area contributed by atoms with Crippen LogP contribution < -0.4 is 5.32 Å². The Labute approximate surface area is 55.6 Å². The highest BCUT2D eigenvalue weighted by Crippen LogP contribution is 2.32. The maximum atomic E-state index is 10.6. The SMILES string of the molecule is CNC(=O)C[CH]C1CC1. The van der Waals surface area contributed by atoms with E-state index in [0.29, 0.717) is 6.42 Å². The Morgan fingerprint density at radius 1 is 1.78 bits per heavy atom. The van der Waals surface area contributed by atoms with Crippen molar-refractivity contribution < 1.29 is 4.79 Å². The minimum Gasteiger partial charge on any atom is -0.359 e. The lowest BCUT2D eigenvalue weighted by Crippen LogP contribution is -2.17. The standard InChI is InChI=1S/C7H12NO/c1-8-7(9)5-4-6-2-3-6/h4,6H,2-3,5H2,1H3,(H,8,9). The molecule has 1 rings (SSSR count). The molecule has 0 aromatic carbocycles. The van der Waals surface area contributed by atoms with E-state index in [0.717, 1.165) is 5.92 Å². The van der Waals surface area contributed by atoms with Crippen molar-refractivity contribution in [2.45, 2.75) is 19.3 Å². The maximum Gasteiger partial charge on any atom is 0.220 e. The Morgan fingerprint density at radius 2 is 2.44 bits per heavy atom. The van der Waals surface area contributed by atoms with Gasteiger partial charge in [-0.05, 0) is 25.2 Å². The van der Waals surface area contributed by atoms with Crippen LogP contribution in [0.15, 0.2) is 0 Å². The van der Waals surface area contributed by atoms with E-state index in [1.54, 1.807) is 7.05 Å². The fourth-order valence-corrected chi connectivity index (χ4v) is 0.708. The lowest BCUT2D eigenvalue weighted by molar-refractivity contribution is -0.120. The van der Waals surface area contributed by atoms with Crippen molar-refractivity contribution in [2.75, 3.05) is 7.05 Å². The van der Waals surface area contributed by atoms with E-state index in [2.05, 4.69) is 11.7 Å². The Kier molecular flexibility index (Phi) is 2.09. The average Bonchev–Trinajstić information content (AvgIpc) is 2.65. The molecule has 2 nitrogen and oxygen atoms in total. The van der Waals surface area contributed by atoms with Gasteiger partial charge in [0.15, 0.2) is 0 Å². The molecule has 1 fully saturated rings. The number of nitrogens with one attached hydrogen (secondary N) is 1. The molecule has 1 radical (unpaired) electrons. The lowest BCUT2D eigenvalue weighted by Gasteiger charge is -1.95. The minimum absolute atomic E-state index is 0.127. The molecule has 0 aromatic heterocycles. The molecule has 0 bridgehead atoms. The van der Waals surface area contributed by atoms with Crippen LogP contribution in [0.4, 0.5) is 0 Å². The molecule has 0 aliphatic heterocycles. The van der Waals surface area contributed by atoms with Crippen LogP contribution in [0.3, 0.4) is 0 Å². The summed E-state index contributed by atoms with van der Waals surface area (Å²) in [6, 6.07) is 0. The number of carbonyl (C=O) groups is 1. The van der Waals surface area contributed by atoms with Crippen LogP contribution in [-0.4, -0.2) is 13.0 Å². The van der Waals surface area contributed by atoms with Crippen LogP contribution in [0.2, 0.25) is 0 Å². The third-order valence-corrected chi connectivity index (χ3v) is 1.54. The summed E-state index contributed by atoms with van der Waals surface area (Å²) in [5.74, 6) is 0.879. The second-order valence-electron chi connectivity index (χ2n) is 2.45. The Bertz CT molecular complexity index is 107. The summed E-state index contributed by atoms with van der Waals surface area (Å²) in [5.41, 5.74) is 0. The van der Waals surface area contributed by atoms with Crippen LogP contribution in [0, 0.1) is 12.3 Å². The summed E-state index contributed by atoms with van der Waals surface area (Å²) in [7, 11) is 1.67. The van der Waals surface area contributed by atoms with E-state index in [1.165, 1.54) is 12.8 Å². The first kappa shape index (κ1) is 6.59. The Hall–Kier alpha value is -0.530. The molecule has 0 heterocycles. The van der Waals surface area contributed by atoms with Gasteiger partial charge in [-0.15, -0.1) is 0 Å². The molecule has 0 atom stereocenters. The van der Waals surface area contributed by atoms with Gasteiger partial charge < -0.3 is 5.32 Å². The van der Waals surface area contributed by atoms with Crippen molar-refractivity contribution in [3.63, 3.8) is 0 Å². The van der Waals surface area contributed by atoms with E-state index in [4.69, 9.17) is 0 Å². The van der Waals surface area contributed by atoms with Gasteiger partial charge >= 0.3 is 0 Å². The zero-order chi connectivity index (χ0) is 6.69. The van der Waals surface area contributed by atoms with Crippen molar-refractivity contribution in [2.24, 2.45) is 5.92 Å². The van der Waals surface area contributed by atoms with E-state index in [-0.39, 0.29) is 5.91 Å². The summed E-state index contributed by atoms with van der Waals surface area (Å²) in [5, 5.41) is 2.58. The first-order valence-electron chi connectivity index (χ1n) is 3.37. The van der Waals surface area contributed by atoms with Crippen molar-refractivity contribution in [1.29, 1.82) is 0 Å². The van der Waals surface area contributed by atoms with Crippen molar-refractivity contribution in [3.05, 3.63) is 6.42 Å². The van der Waals surface area contributed by atoms with Gasteiger partial charge in [0.1, 0.15) is 0 Å². The molecule has 1 amide bonds. The molecular formula is C7H12NO. The second kappa shape index (κ2) is 2.85. The highest BCUT2D eigenvalue weighted by Gasteiger charge is 2.21. The van der Waals surface area contributed by atoms with Crippen LogP contribution in [0.5, 0.6) is 0 Å². The summed E-state index contributed by atoms with van der Waals surface area (Å²) >= 11 is 0. The monoisotopic (exact) mass is 126 g/mol. The number of rotatable bonds is 3. The smallest absolute Gasteiger partial charge is 0.220 e. The summed E-state index contributed by atoms with van der Waals surface area (Å²) in [6.45, 7) is 0. The van der Waals surface area contributed by atoms with Crippen LogP contribution in [-0.2, 0) is 4.79 Å². The van der Waals surface area contributed by atoms with E-state index >= 15 is 0 Å². The quantitative estimate of drug-likeness (QED) is 0.593. The minimum atomic E-state index is 0.127. The normalized spacial score (nSPS) is 17.4. The van der Waals surface area contributed by atoms with Crippen LogP contribution in [0.25, 0.3) is 0 Å². The average molecular weight is 126 g/mol. The highest BCUT2D eigenvalue weighted by atomic mass is 16.1. The van der Waals surface area contributed by atoms with Gasteiger partial charge in [-0.2, -0.15) is 0 Å². The van der Waals surface area contributed by atoms with Crippen molar-refractivity contribution in [1.82, 2.24) is 5.32 Å². The summed E-state index contributed by atoms with van der Waals surface area (Å²) in [4.78, 5) is 10.6. The summed E-state index contributed by atoms with van der Waals surface area (Å²) in [6.07, 6.45) is 5.27. The fourth-order valence-electron chi connectivity index (χ4n) is 0.708. The molecule has 0 spiro atoms. The van der Waals surface area contributed by atoms with Gasteiger partial charge in [-0.25, -0.2) is 0 Å². The van der Waals surface area contributed by atoms with Gasteiger partial charge in [-0.1, -0.05) is 0 Å². The van der Waals surface area contributed by atoms with Crippen molar-refractivity contribution in [3.8, 4) is 0 Å². The van der Waals surface area contributed by atoms with E-state index in [9.17, 15) is 4.79 Å². The molecular weight excluding hydrogens is 114 g/mol. The second-order valence-corrected chi connectivity index (χ2v) is 2.45. The molecule has 2 heteroatoms. The number of carbonyl (C=O) groups excluding carboxylic acids is 1. The lowest BCUT2D eigenvalue weighted by atomic mass is 10.2. The third kappa shape index (κ3) is 2.49. The Balaban J connectivity index is 1.96. The molecule has 0 saturated heterocycles. The molecule has 1 aliphatic rings. The van der Waals surface area contributed by atoms with Crippen molar-refractivity contribution >= 4 is 5.91 Å². The number of hydrogen-bond acceptors (Lipinski definition) is 1. The molecule has 51 valence electrons. The van der Waals surface area contributed by atoms with Gasteiger partial charge in [0.05, 0.1) is 0 Å². The van der Waals surface area contributed by atoms with Gasteiger partial charge in [0, 0.05) is 13.5 Å². The zero-order valence-corrected chi connectivity index (χ0v) is 5.68. The number of amides is 1. The van der Waals surface area contributed by atoms with E-state index in [1.807, 2.05) is 0 Å². The molecule has 0 aromatic rings. The van der Waals surface area contributed by atoms with E-state index < -0.39 is 0 Å². The highest BCUT2D eigenvalue weighted by molar-refractivity contribution is 5.76. The zero-order valence-electron chi connectivity index (χ0n) is 5.68. The largest absolute Gasteiger partial charge is 0.359 e. The maximum absolute atomic E-state index is 10.6. The van der Waals surface area contributed by atoms with Crippen LogP contribution in [0.1, 0.15) is 19.3 Å². The summed E-state index contributed by atoms with van der Waals surface area (Å²) < 4.78 is 0. The first-order chi connectivity index (χ1) is 4.33. The molecule has 1 N–H and O–H groups in total. The fraction of sp³-hybridized carbons (Fsp3) is 0.714. The van der Waals surface area contributed by atoms with Gasteiger partial charge in [0.25, 0.3) is 0 Å².